The minimum atomic E-state index is -0.419. The van der Waals surface area contributed by atoms with Crippen LogP contribution in [0.5, 0.6) is 0 Å². The summed E-state index contributed by atoms with van der Waals surface area (Å²) in [6, 6.07) is 0. The Morgan fingerprint density at radius 3 is 2.42 bits per heavy atom. The number of aromatic nitrogens is 2. The maximum absolute atomic E-state index is 12.6. The Hall–Kier alpha value is -0.870. The molecule has 0 bridgehead atoms. The standard InChI is InChI=1S/C14H22ClN3O/c1-10-13(15)11(17(4)16-10)9-12(19)14(2,3)18-7-5-6-8-18/h5-9H2,1-4H3. The van der Waals surface area contributed by atoms with Crippen molar-refractivity contribution in [2.24, 2.45) is 7.05 Å². The summed E-state index contributed by atoms with van der Waals surface area (Å²) in [6.45, 7) is 7.91. The van der Waals surface area contributed by atoms with E-state index >= 15 is 0 Å². The molecule has 0 unspecified atom stereocenters. The van der Waals surface area contributed by atoms with Crippen molar-refractivity contribution in [2.45, 2.75) is 45.6 Å². The first-order valence-corrected chi connectivity index (χ1v) is 7.18. The van der Waals surface area contributed by atoms with Gasteiger partial charge in [-0.25, -0.2) is 0 Å². The van der Waals surface area contributed by atoms with Gasteiger partial charge in [-0.2, -0.15) is 5.10 Å². The molecule has 0 aliphatic carbocycles. The van der Waals surface area contributed by atoms with E-state index in [1.807, 2.05) is 27.8 Å². The summed E-state index contributed by atoms with van der Waals surface area (Å²) in [5.74, 6) is 0.208. The molecule has 1 aliphatic heterocycles. The highest BCUT2D eigenvalue weighted by Crippen LogP contribution is 2.26. The lowest BCUT2D eigenvalue weighted by molar-refractivity contribution is -0.128. The van der Waals surface area contributed by atoms with Crippen LogP contribution in [0.15, 0.2) is 0 Å². The smallest absolute Gasteiger partial charge is 0.158 e. The summed E-state index contributed by atoms with van der Waals surface area (Å²) < 4.78 is 1.72. The van der Waals surface area contributed by atoms with Crippen LogP contribution in [0.1, 0.15) is 38.1 Å². The third kappa shape index (κ3) is 2.70. The fraction of sp³-hybridized carbons (Fsp3) is 0.714. The number of hydrogen-bond donors (Lipinski definition) is 0. The van der Waals surface area contributed by atoms with Gasteiger partial charge in [0.05, 0.1) is 28.4 Å². The van der Waals surface area contributed by atoms with Crippen molar-refractivity contribution in [1.82, 2.24) is 14.7 Å². The number of ketones is 1. The predicted molar refractivity (Wildman–Crippen MR) is 76.6 cm³/mol. The number of hydrogen-bond acceptors (Lipinski definition) is 3. The van der Waals surface area contributed by atoms with Gasteiger partial charge in [-0.05, 0) is 46.7 Å². The van der Waals surface area contributed by atoms with Crippen LogP contribution in [0.4, 0.5) is 0 Å². The highest BCUT2D eigenvalue weighted by Gasteiger charge is 2.36. The molecule has 1 aliphatic rings. The van der Waals surface area contributed by atoms with Crippen LogP contribution in [0, 0.1) is 6.92 Å². The van der Waals surface area contributed by atoms with E-state index in [0.717, 1.165) is 24.5 Å². The van der Waals surface area contributed by atoms with E-state index in [-0.39, 0.29) is 5.78 Å². The van der Waals surface area contributed by atoms with Crippen molar-refractivity contribution >= 4 is 17.4 Å². The number of Topliss-reactive ketones (excluding diaryl/α,β-unsaturated/α-hetero) is 1. The molecule has 0 N–H and O–H groups in total. The lowest BCUT2D eigenvalue weighted by Gasteiger charge is -2.33. The molecule has 1 aromatic heterocycles. The highest BCUT2D eigenvalue weighted by atomic mass is 35.5. The zero-order valence-electron chi connectivity index (χ0n) is 12.2. The van der Waals surface area contributed by atoms with Gasteiger partial charge in [0.1, 0.15) is 0 Å². The number of halogens is 1. The van der Waals surface area contributed by atoms with Crippen LogP contribution in [-0.4, -0.2) is 39.1 Å². The first-order chi connectivity index (χ1) is 8.84. The molecule has 1 fully saturated rings. The molecular formula is C14H22ClN3O. The second kappa shape index (κ2) is 5.25. The molecule has 0 atom stereocenters. The van der Waals surface area contributed by atoms with Crippen LogP contribution in [-0.2, 0) is 18.3 Å². The van der Waals surface area contributed by atoms with Gasteiger partial charge >= 0.3 is 0 Å². The zero-order valence-corrected chi connectivity index (χ0v) is 12.9. The van der Waals surface area contributed by atoms with Crippen LogP contribution in [0.3, 0.4) is 0 Å². The van der Waals surface area contributed by atoms with Gasteiger partial charge in [-0.1, -0.05) is 11.6 Å². The Bertz CT molecular complexity index is 487. The van der Waals surface area contributed by atoms with E-state index in [1.54, 1.807) is 4.68 Å². The largest absolute Gasteiger partial charge is 0.297 e. The summed E-state index contributed by atoms with van der Waals surface area (Å²) in [7, 11) is 1.84. The molecule has 1 saturated heterocycles. The van der Waals surface area contributed by atoms with E-state index in [0.29, 0.717) is 11.4 Å². The average molecular weight is 284 g/mol. The molecule has 0 saturated carbocycles. The number of rotatable bonds is 4. The van der Waals surface area contributed by atoms with Crippen molar-refractivity contribution < 1.29 is 4.79 Å². The molecule has 5 heteroatoms. The summed E-state index contributed by atoms with van der Waals surface area (Å²) in [5, 5.41) is 4.88. The van der Waals surface area contributed by atoms with Gasteiger partial charge in [-0.3, -0.25) is 14.4 Å². The Morgan fingerprint density at radius 2 is 1.95 bits per heavy atom. The van der Waals surface area contributed by atoms with Crippen molar-refractivity contribution in [1.29, 1.82) is 0 Å². The second-order valence-electron chi connectivity index (χ2n) is 5.82. The lowest BCUT2D eigenvalue weighted by atomic mass is 9.93. The number of aryl methyl sites for hydroxylation is 2. The first-order valence-electron chi connectivity index (χ1n) is 6.80. The summed E-state index contributed by atoms with van der Waals surface area (Å²) in [4.78, 5) is 14.9. The fourth-order valence-electron chi connectivity index (χ4n) is 2.69. The maximum Gasteiger partial charge on any atom is 0.158 e. The van der Waals surface area contributed by atoms with Crippen molar-refractivity contribution in [3.63, 3.8) is 0 Å². The van der Waals surface area contributed by atoms with Gasteiger partial charge in [0.25, 0.3) is 0 Å². The van der Waals surface area contributed by atoms with Crippen LogP contribution in [0.25, 0.3) is 0 Å². The molecule has 106 valence electrons. The van der Waals surface area contributed by atoms with E-state index in [2.05, 4.69) is 10.00 Å². The van der Waals surface area contributed by atoms with Crippen molar-refractivity contribution in [3.8, 4) is 0 Å². The molecule has 0 radical (unpaired) electrons. The van der Waals surface area contributed by atoms with E-state index in [4.69, 9.17) is 11.6 Å². The molecule has 0 aromatic carbocycles. The van der Waals surface area contributed by atoms with Gasteiger partial charge in [-0.15, -0.1) is 0 Å². The van der Waals surface area contributed by atoms with Crippen LogP contribution >= 0.6 is 11.6 Å². The number of carbonyl (C=O) groups is 1. The summed E-state index contributed by atoms with van der Waals surface area (Å²) >= 11 is 6.22. The topological polar surface area (TPSA) is 38.1 Å². The minimum absolute atomic E-state index is 0.208. The monoisotopic (exact) mass is 283 g/mol. The van der Waals surface area contributed by atoms with E-state index in [1.165, 1.54) is 12.8 Å². The minimum Gasteiger partial charge on any atom is -0.297 e. The average Bonchev–Trinajstić information content (AvgIpc) is 2.94. The molecule has 2 heterocycles. The lowest BCUT2D eigenvalue weighted by Crippen LogP contribution is -2.49. The van der Waals surface area contributed by atoms with Crippen LogP contribution < -0.4 is 0 Å². The Morgan fingerprint density at radius 1 is 1.37 bits per heavy atom. The molecule has 4 nitrogen and oxygen atoms in total. The molecular weight excluding hydrogens is 262 g/mol. The number of likely N-dealkylation sites (tertiary alicyclic amines) is 1. The van der Waals surface area contributed by atoms with Crippen molar-refractivity contribution in [2.75, 3.05) is 13.1 Å². The van der Waals surface area contributed by atoms with Crippen molar-refractivity contribution in [3.05, 3.63) is 16.4 Å². The van der Waals surface area contributed by atoms with E-state index < -0.39 is 5.54 Å². The van der Waals surface area contributed by atoms with E-state index in [9.17, 15) is 4.79 Å². The third-order valence-corrected chi connectivity index (χ3v) is 4.66. The summed E-state index contributed by atoms with van der Waals surface area (Å²) in [5.41, 5.74) is 1.18. The molecule has 0 amide bonds. The first kappa shape index (κ1) is 14.5. The molecule has 2 rings (SSSR count). The summed E-state index contributed by atoms with van der Waals surface area (Å²) in [6.07, 6.45) is 2.71. The van der Waals surface area contributed by atoms with Gasteiger partial charge in [0.2, 0.25) is 0 Å². The van der Waals surface area contributed by atoms with Crippen LogP contribution in [0.2, 0.25) is 5.02 Å². The Labute approximate surface area is 119 Å². The van der Waals surface area contributed by atoms with Gasteiger partial charge < -0.3 is 0 Å². The zero-order chi connectivity index (χ0) is 14.2. The third-order valence-electron chi connectivity index (χ3n) is 4.17. The predicted octanol–water partition coefficient (Wildman–Crippen LogP) is 2.37. The van der Waals surface area contributed by atoms with Gasteiger partial charge in [0, 0.05) is 7.05 Å². The second-order valence-corrected chi connectivity index (χ2v) is 6.20. The maximum atomic E-state index is 12.6. The fourth-order valence-corrected chi connectivity index (χ4v) is 2.92. The number of carbonyl (C=O) groups excluding carboxylic acids is 1. The van der Waals surface area contributed by atoms with Gasteiger partial charge in [0.15, 0.2) is 5.78 Å². The Balaban J connectivity index is 2.16. The molecule has 19 heavy (non-hydrogen) atoms. The highest BCUT2D eigenvalue weighted by molar-refractivity contribution is 6.32. The SMILES string of the molecule is Cc1nn(C)c(CC(=O)C(C)(C)N2CCCC2)c1Cl. The molecule has 0 spiro atoms. The molecule has 1 aromatic rings. The number of nitrogens with zero attached hydrogens (tertiary/aromatic N) is 3. The Kier molecular flexibility index (Phi) is 4.02. The quantitative estimate of drug-likeness (QED) is 0.851. The normalized spacial score (nSPS) is 17.1.